The van der Waals surface area contributed by atoms with Gasteiger partial charge in [-0.15, -0.1) is 0 Å². The zero-order valence-corrected chi connectivity index (χ0v) is 15.0. The Kier molecular flexibility index (Phi) is 7.88. The summed E-state index contributed by atoms with van der Waals surface area (Å²) in [5, 5.41) is 8.23. The highest BCUT2D eigenvalue weighted by Crippen LogP contribution is 2.33. The first kappa shape index (κ1) is 21.3. The van der Waals surface area contributed by atoms with E-state index < -0.39 is 29.1 Å². The molecule has 2 rings (SSSR count). The topological polar surface area (TPSA) is 76.1 Å². The fourth-order valence-electron chi connectivity index (χ4n) is 2.11. The quantitative estimate of drug-likeness (QED) is 0.833. The summed E-state index contributed by atoms with van der Waals surface area (Å²) < 4.78 is 30.9. The van der Waals surface area contributed by atoms with Crippen molar-refractivity contribution in [1.29, 1.82) is 5.26 Å². The van der Waals surface area contributed by atoms with Crippen LogP contribution < -0.4 is 5.73 Å². The summed E-state index contributed by atoms with van der Waals surface area (Å²) >= 11 is 0. The third-order valence-corrected chi connectivity index (χ3v) is 3.81. The average Bonchev–Trinajstić information content (AvgIpc) is 2.62. The van der Waals surface area contributed by atoms with Crippen LogP contribution in [0, 0.1) is 28.4 Å². The molecule has 0 amide bonds. The predicted octanol–water partition coefficient (Wildman–Crippen LogP) is 4.11. The Labute approximate surface area is 152 Å². The van der Waals surface area contributed by atoms with Crippen LogP contribution in [-0.4, -0.2) is 12.6 Å². The van der Waals surface area contributed by atoms with Crippen LogP contribution in [0.1, 0.15) is 37.9 Å². The van der Waals surface area contributed by atoms with Gasteiger partial charge in [0.1, 0.15) is 17.7 Å². The molecule has 0 aliphatic carbocycles. The SMILES string of the molecule is CCOC(=O)C(C)(C)C(N)c1ccccc1F.N#Cc1ccccc1F. The van der Waals surface area contributed by atoms with Crippen LogP contribution in [0.3, 0.4) is 0 Å². The molecular formula is C20H22F2N2O2. The molecule has 0 aromatic heterocycles. The number of ether oxygens (including phenoxy) is 1. The first-order chi connectivity index (χ1) is 12.3. The third kappa shape index (κ3) is 5.36. The lowest BCUT2D eigenvalue weighted by atomic mass is 9.81. The first-order valence-corrected chi connectivity index (χ1v) is 8.07. The lowest BCUT2D eigenvalue weighted by Crippen LogP contribution is -2.38. The number of carbonyl (C=O) groups excluding carboxylic acids is 1. The number of halogens is 2. The Morgan fingerprint density at radius 2 is 1.69 bits per heavy atom. The van der Waals surface area contributed by atoms with E-state index >= 15 is 0 Å². The lowest BCUT2D eigenvalue weighted by molar-refractivity contribution is -0.154. The Bertz CT molecular complexity index is 785. The second-order valence-corrected chi connectivity index (χ2v) is 6.03. The molecule has 1 unspecified atom stereocenters. The van der Waals surface area contributed by atoms with Crippen molar-refractivity contribution in [3.05, 3.63) is 71.3 Å². The van der Waals surface area contributed by atoms with Gasteiger partial charge in [-0.1, -0.05) is 30.3 Å². The number of rotatable bonds is 4. The van der Waals surface area contributed by atoms with Crippen LogP contribution in [0.2, 0.25) is 0 Å². The molecule has 0 aliphatic heterocycles. The minimum atomic E-state index is -0.960. The van der Waals surface area contributed by atoms with E-state index in [0.717, 1.165) is 0 Å². The van der Waals surface area contributed by atoms with Gasteiger partial charge < -0.3 is 10.5 Å². The Balaban J connectivity index is 0.000000314. The van der Waals surface area contributed by atoms with Gasteiger partial charge >= 0.3 is 5.97 Å². The fourth-order valence-corrected chi connectivity index (χ4v) is 2.11. The highest BCUT2D eigenvalue weighted by atomic mass is 19.1. The smallest absolute Gasteiger partial charge is 0.313 e. The average molecular weight is 360 g/mol. The molecule has 0 saturated heterocycles. The van der Waals surface area contributed by atoms with E-state index in [1.54, 1.807) is 57.2 Å². The van der Waals surface area contributed by atoms with Gasteiger partial charge in [0, 0.05) is 11.6 Å². The van der Waals surface area contributed by atoms with Gasteiger partial charge in [-0.3, -0.25) is 4.79 Å². The Morgan fingerprint density at radius 1 is 1.15 bits per heavy atom. The van der Waals surface area contributed by atoms with Crippen molar-refractivity contribution in [2.75, 3.05) is 6.61 Å². The molecule has 1 atom stereocenters. The van der Waals surface area contributed by atoms with Crippen molar-refractivity contribution in [1.82, 2.24) is 0 Å². The predicted molar refractivity (Wildman–Crippen MR) is 94.9 cm³/mol. The molecule has 0 bridgehead atoms. The van der Waals surface area contributed by atoms with E-state index in [2.05, 4.69) is 0 Å². The molecule has 2 N–H and O–H groups in total. The van der Waals surface area contributed by atoms with Crippen molar-refractivity contribution < 1.29 is 18.3 Å². The van der Waals surface area contributed by atoms with Crippen LogP contribution >= 0.6 is 0 Å². The summed E-state index contributed by atoms with van der Waals surface area (Å²) in [4.78, 5) is 11.8. The number of carbonyl (C=O) groups is 1. The van der Waals surface area contributed by atoms with Crippen LogP contribution in [-0.2, 0) is 9.53 Å². The first-order valence-electron chi connectivity index (χ1n) is 8.07. The minimum absolute atomic E-state index is 0.0949. The normalized spacial score (nSPS) is 11.6. The van der Waals surface area contributed by atoms with E-state index in [-0.39, 0.29) is 12.2 Å². The molecule has 2 aromatic carbocycles. The molecule has 4 nitrogen and oxygen atoms in total. The van der Waals surface area contributed by atoms with Gasteiger partial charge in [0.2, 0.25) is 0 Å². The van der Waals surface area contributed by atoms with Gasteiger partial charge in [-0.05, 0) is 39.0 Å². The van der Waals surface area contributed by atoms with Crippen molar-refractivity contribution in [2.24, 2.45) is 11.1 Å². The summed E-state index contributed by atoms with van der Waals surface area (Å²) in [6.07, 6.45) is 0. The van der Waals surface area contributed by atoms with Gasteiger partial charge in [-0.25, -0.2) is 8.78 Å². The van der Waals surface area contributed by atoms with Gasteiger partial charge in [0.05, 0.1) is 17.6 Å². The van der Waals surface area contributed by atoms with E-state index in [9.17, 15) is 13.6 Å². The minimum Gasteiger partial charge on any atom is -0.466 e. The number of hydrogen-bond donors (Lipinski definition) is 1. The number of hydrogen-bond acceptors (Lipinski definition) is 4. The van der Waals surface area contributed by atoms with Crippen LogP contribution in [0.4, 0.5) is 8.78 Å². The van der Waals surface area contributed by atoms with Gasteiger partial charge in [-0.2, -0.15) is 5.26 Å². The molecule has 0 heterocycles. The molecule has 0 saturated carbocycles. The molecule has 0 spiro atoms. The van der Waals surface area contributed by atoms with Crippen LogP contribution in [0.25, 0.3) is 0 Å². The standard InChI is InChI=1S/C13H18FNO2.C7H4FN/c1-4-17-12(16)13(2,3)11(15)9-7-5-6-8-10(9)14;8-7-4-2-1-3-6(7)5-9/h5-8,11H,4,15H2,1-3H3;1-4H. The number of nitrogens with two attached hydrogens (primary N) is 1. The van der Waals surface area contributed by atoms with E-state index in [1.165, 1.54) is 18.2 Å². The van der Waals surface area contributed by atoms with Crippen molar-refractivity contribution in [3.8, 4) is 6.07 Å². The largest absolute Gasteiger partial charge is 0.466 e. The van der Waals surface area contributed by atoms with E-state index in [1.807, 2.05) is 0 Å². The van der Waals surface area contributed by atoms with Crippen molar-refractivity contribution in [3.63, 3.8) is 0 Å². The fraction of sp³-hybridized carbons (Fsp3) is 0.300. The van der Waals surface area contributed by atoms with E-state index in [0.29, 0.717) is 5.56 Å². The maximum absolute atomic E-state index is 13.6. The molecule has 2 aromatic rings. The maximum atomic E-state index is 13.6. The molecule has 0 fully saturated rings. The Morgan fingerprint density at radius 3 is 2.15 bits per heavy atom. The highest BCUT2D eigenvalue weighted by Gasteiger charge is 2.37. The zero-order chi connectivity index (χ0) is 19.7. The second kappa shape index (κ2) is 9.64. The zero-order valence-electron chi connectivity index (χ0n) is 15.0. The Hall–Kier alpha value is -2.78. The van der Waals surface area contributed by atoms with Gasteiger partial charge in [0.25, 0.3) is 0 Å². The van der Waals surface area contributed by atoms with Crippen molar-refractivity contribution >= 4 is 5.97 Å². The molecule has 138 valence electrons. The summed E-state index contributed by atoms with van der Waals surface area (Å²) in [5.41, 5.74) is 5.42. The number of nitrogens with zero attached hydrogens (tertiary/aromatic N) is 1. The van der Waals surface area contributed by atoms with Crippen molar-refractivity contribution in [2.45, 2.75) is 26.8 Å². The molecular weight excluding hydrogens is 338 g/mol. The summed E-state index contributed by atoms with van der Waals surface area (Å²) in [6.45, 7) is 5.32. The third-order valence-electron chi connectivity index (χ3n) is 3.81. The number of nitriles is 1. The molecule has 6 heteroatoms. The second-order valence-electron chi connectivity index (χ2n) is 6.03. The number of esters is 1. The van der Waals surface area contributed by atoms with E-state index in [4.69, 9.17) is 15.7 Å². The summed E-state index contributed by atoms with van der Waals surface area (Å²) in [7, 11) is 0. The van der Waals surface area contributed by atoms with Crippen LogP contribution in [0.15, 0.2) is 48.5 Å². The highest BCUT2D eigenvalue weighted by molar-refractivity contribution is 5.77. The van der Waals surface area contributed by atoms with Crippen LogP contribution in [0.5, 0.6) is 0 Å². The maximum Gasteiger partial charge on any atom is 0.313 e. The molecule has 0 aliphatic rings. The molecule has 26 heavy (non-hydrogen) atoms. The van der Waals surface area contributed by atoms with Gasteiger partial charge in [0.15, 0.2) is 0 Å². The number of benzene rings is 2. The monoisotopic (exact) mass is 360 g/mol. The molecule has 0 radical (unpaired) electrons. The summed E-state index contributed by atoms with van der Waals surface area (Å²) in [6, 6.07) is 13.1. The lowest BCUT2D eigenvalue weighted by Gasteiger charge is -2.29. The summed E-state index contributed by atoms with van der Waals surface area (Å²) in [5.74, 6) is -1.28.